The number of carbonyl (C=O) groups is 2. The van der Waals surface area contributed by atoms with E-state index in [-0.39, 0.29) is 18.4 Å². The molecule has 3 aromatic rings. The molecule has 2 amide bonds. The van der Waals surface area contributed by atoms with Gasteiger partial charge in [-0.05, 0) is 73.5 Å². The Hall–Kier alpha value is -3.80. The van der Waals surface area contributed by atoms with Gasteiger partial charge in [0.2, 0.25) is 5.91 Å². The highest BCUT2D eigenvalue weighted by atomic mass is 16.5. The predicted molar refractivity (Wildman–Crippen MR) is 122 cm³/mol. The molecule has 3 aromatic carbocycles. The smallest absolute Gasteiger partial charge is 0.255 e. The highest BCUT2D eigenvalue weighted by Crippen LogP contribution is 2.24. The van der Waals surface area contributed by atoms with Crippen LogP contribution < -0.4 is 20.1 Å². The molecule has 0 unspecified atom stereocenters. The van der Waals surface area contributed by atoms with Crippen molar-refractivity contribution in [2.24, 2.45) is 0 Å². The molecule has 0 aliphatic carbocycles. The van der Waals surface area contributed by atoms with Gasteiger partial charge in [-0.2, -0.15) is 0 Å². The third-order valence-electron chi connectivity index (χ3n) is 4.86. The van der Waals surface area contributed by atoms with Gasteiger partial charge in [0.25, 0.3) is 5.91 Å². The number of methoxy groups -OCH3 is 1. The van der Waals surface area contributed by atoms with Crippen molar-refractivity contribution >= 4 is 23.2 Å². The fraction of sp³-hybridized carbons (Fsp3) is 0.200. The maximum absolute atomic E-state index is 12.8. The minimum atomic E-state index is -0.268. The van der Waals surface area contributed by atoms with Gasteiger partial charge in [-0.3, -0.25) is 9.59 Å². The van der Waals surface area contributed by atoms with Crippen LogP contribution in [-0.2, 0) is 11.4 Å². The first-order valence-corrected chi connectivity index (χ1v) is 9.91. The molecule has 0 aliphatic rings. The first-order valence-electron chi connectivity index (χ1n) is 9.91. The molecule has 0 spiro atoms. The van der Waals surface area contributed by atoms with Crippen LogP contribution in [-0.4, -0.2) is 18.9 Å². The maximum Gasteiger partial charge on any atom is 0.255 e. The highest BCUT2D eigenvalue weighted by molar-refractivity contribution is 6.05. The highest BCUT2D eigenvalue weighted by Gasteiger charge is 2.12. The predicted octanol–water partition coefficient (Wildman–Crippen LogP) is 5.10. The van der Waals surface area contributed by atoms with Crippen LogP contribution >= 0.6 is 0 Å². The molecule has 0 bridgehead atoms. The number of aryl methyl sites for hydroxylation is 2. The molecule has 0 atom stereocenters. The van der Waals surface area contributed by atoms with E-state index in [1.165, 1.54) is 12.5 Å². The normalized spacial score (nSPS) is 10.3. The van der Waals surface area contributed by atoms with Crippen LogP contribution in [0.5, 0.6) is 11.5 Å². The minimum Gasteiger partial charge on any atom is -0.496 e. The van der Waals surface area contributed by atoms with Crippen molar-refractivity contribution in [3.63, 3.8) is 0 Å². The van der Waals surface area contributed by atoms with Gasteiger partial charge < -0.3 is 20.1 Å². The molecule has 0 saturated heterocycles. The molecule has 0 radical (unpaired) electrons. The lowest BCUT2D eigenvalue weighted by atomic mass is 10.1. The molecule has 160 valence electrons. The van der Waals surface area contributed by atoms with Crippen LogP contribution in [0.1, 0.15) is 34.0 Å². The van der Waals surface area contributed by atoms with Gasteiger partial charge in [-0.1, -0.05) is 12.1 Å². The van der Waals surface area contributed by atoms with Gasteiger partial charge in [0.15, 0.2) is 0 Å². The van der Waals surface area contributed by atoms with Gasteiger partial charge in [0.05, 0.1) is 7.11 Å². The Balaban J connectivity index is 1.75. The van der Waals surface area contributed by atoms with Crippen LogP contribution in [0.3, 0.4) is 0 Å². The number of anilines is 2. The average molecular weight is 418 g/mol. The number of ether oxygens (including phenoxy) is 2. The monoisotopic (exact) mass is 418 g/mol. The van der Waals surface area contributed by atoms with Crippen LogP contribution in [0, 0.1) is 13.8 Å². The van der Waals surface area contributed by atoms with Crippen LogP contribution in [0.25, 0.3) is 0 Å². The summed E-state index contributed by atoms with van der Waals surface area (Å²) in [5.74, 6) is 0.963. The molecule has 2 N–H and O–H groups in total. The zero-order chi connectivity index (χ0) is 22.4. The third kappa shape index (κ3) is 5.85. The van der Waals surface area contributed by atoms with Gasteiger partial charge in [0.1, 0.15) is 18.1 Å². The largest absolute Gasteiger partial charge is 0.496 e. The average Bonchev–Trinajstić information content (AvgIpc) is 2.74. The summed E-state index contributed by atoms with van der Waals surface area (Å²) in [5.41, 5.74) is 4.79. The number of carbonyl (C=O) groups excluding carboxylic acids is 2. The fourth-order valence-electron chi connectivity index (χ4n) is 3.08. The molecule has 6 heteroatoms. The van der Waals surface area contributed by atoms with Crippen molar-refractivity contribution in [3.05, 3.63) is 82.9 Å². The molecule has 0 fully saturated rings. The van der Waals surface area contributed by atoms with E-state index in [0.29, 0.717) is 22.7 Å². The summed E-state index contributed by atoms with van der Waals surface area (Å²) in [5, 5.41) is 5.55. The Morgan fingerprint density at radius 3 is 2.29 bits per heavy atom. The second-order valence-corrected chi connectivity index (χ2v) is 7.28. The molecule has 0 saturated carbocycles. The summed E-state index contributed by atoms with van der Waals surface area (Å²) >= 11 is 0. The van der Waals surface area contributed by atoms with E-state index in [9.17, 15) is 9.59 Å². The summed E-state index contributed by atoms with van der Waals surface area (Å²) in [6.45, 7) is 5.79. The zero-order valence-corrected chi connectivity index (χ0v) is 18.1. The Morgan fingerprint density at radius 2 is 1.61 bits per heavy atom. The van der Waals surface area contributed by atoms with Gasteiger partial charge >= 0.3 is 0 Å². The molecule has 0 aromatic heterocycles. The first-order chi connectivity index (χ1) is 14.9. The Kier molecular flexibility index (Phi) is 6.92. The lowest BCUT2D eigenvalue weighted by Gasteiger charge is -2.13. The summed E-state index contributed by atoms with van der Waals surface area (Å²) in [6.07, 6.45) is 0. The Bertz CT molecular complexity index is 1110. The van der Waals surface area contributed by atoms with Crippen molar-refractivity contribution in [1.29, 1.82) is 0 Å². The van der Waals surface area contributed by atoms with Crippen LogP contribution in [0.4, 0.5) is 11.4 Å². The van der Waals surface area contributed by atoms with E-state index in [4.69, 9.17) is 9.47 Å². The number of hydrogen-bond acceptors (Lipinski definition) is 4. The van der Waals surface area contributed by atoms with Gasteiger partial charge in [-0.15, -0.1) is 0 Å². The van der Waals surface area contributed by atoms with Crippen molar-refractivity contribution in [2.45, 2.75) is 27.4 Å². The van der Waals surface area contributed by atoms with E-state index in [2.05, 4.69) is 17.6 Å². The minimum absolute atomic E-state index is 0.174. The summed E-state index contributed by atoms with van der Waals surface area (Å²) in [6, 6.07) is 18.1. The van der Waals surface area contributed by atoms with E-state index >= 15 is 0 Å². The van der Waals surface area contributed by atoms with Gasteiger partial charge in [0, 0.05) is 29.4 Å². The van der Waals surface area contributed by atoms with Crippen molar-refractivity contribution in [3.8, 4) is 11.5 Å². The van der Waals surface area contributed by atoms with Gasteiger partial charge in [-0.25, -0.2) is 0 Å². The number of hydrogen-bond donors (Lipinski definition) is 2. The maximum atomic E-state index is 12.8. The first kappa shape index (κ1) is 21.9. The standard InChI is InChI=1S/C25H26N2O4/c1-16-8-10-23(12-17(16)2)31-15-20-13-19(9-11-24(20)30-4)25(29)27-22-7-5-6-21(14-22)26-18(3)28/h5-14H,15H2,1-4H3,(H,26,28)(H,27,29). The van der Waals surface area contributed by atoms with E-state index in [0.717, 1.165) is 16.9 Å². The van der Waals surface area contributed by atoms with Crippen LogP contribution in [0.2, 0.25) is 0 Å². The lowest BCUT2D eigenvalue weighted by Crippen LogP contribution is -2.13. The second-order valence-electron chi connectivity index (χ2n) is 7.28. The molecule has 31 heavy (non-hydrogen) atoms. The Labute approximate surface area is 182 Å². The number of nitrogens with one attached hydrogen (secondary N) is 2. The van der Waals surface area contributed by atoms with Crippen molar-refractivity contribution in [2.75, 3.05) is 17.7 Å². The lowest BCUT2D eigenvalue weighted by molar-refractivity contribution is -0.114. The van der Waals surface area contributed by atoms with Crippen LogP contribution in [0.15, 0.2) is 60.7 Å². The Morgan fingerprint density at radius 1 is 0.871 bits per heavy atom. The molecular weight excluding hydrogens is 392 g/mol. The summed E-state index contributed by atoms with van der Waals surface area (Å²) in [4.78, 5) is 24.0. The zero-order valence-electron chi connectivity index (χ0n) is 18.1. The molecule has 0 heterocycles. The SMILES string of the molecule is COc1ccc(C(=O)Nc2cccc(NC(C)=O)c2)cc1COc1ccc(C)c(C)c1. The number of amides is 2. The van der Waals surface area contributed by atoms with E-state index in [1.54, 1.807) is 49.6 Å². The quantitative estimate of drug-likeness (QED) is 0.560. The second kappa shape index (κ2) is 9.80. The summed E-state index contributed by atoms with van der Waals surface area (Å²) < 4.78 is 11.4. The van der Waals surface area contributed by atoms with E-state index < -0.39 is 0 Å². The number of rotatable bonds is 7. The van der Waals surface area contributed by atoms with Crippen molar-refractivity contribution in [1.82, 2.24) is 0 Å². The molecule has 3 rings (SSSR count). The third-order valence-corrected chi connectivity index (χ3v) is 4.86. The van der Waals surface area contributed by atoms with E-state index in [1.807, 2.05) is 25.1 Å². The molecule has 6 nitrogen and oxygen atoms in total. The summed E-state index contributed by atoms with van der Waals surface area (Å²) in [7, 11) is 1.59. The fourth-order valence-corrected chi connectivity index (χ4v) is 3.08. The topological polar surface area (TPSA) is 76.7 Å². The number of benzene rings is 3. The molecule has 0 aliphatic heterocycles. The molecular formula is C25H26N2O4. The van der Waals surface area contributed by atoms with Crippen molar-refractivity contribution < 1.29 is 19.1 Å².